The molecule has 0 spiro atoms. The van der Waals surface area contributed by atoms with E-state index in [0.29, 0.717) is 11.8 Å². The van der Waals surface area contributed by atoms with Crippen molar-refractivity contribution >= 4 is 0 Å². The fourth-order valence-corrected chi connectivity index (χ4v) is 3.45. The minimum absolute atomic E-state index is 0.255. The van der Waals surface area contributed by atoms with E-state index in [4.69, 9.17) is 0 Å². The summed E-state index contributed by atoms with van der Waals surface area (Å²) >= 11 is 0. The minimum atomic E-state index is -0.783. The average Bonchev–Trinajstić information content (AvgIpc) is 2.39. The summed E-state index contributed by atoms with van der Waals surface area (Å²) in [6.07, 6.45) is 5.98. The summed E-state index contributed by atoms with van der Waals surface area (Å²) in [5.41, 5.74) is 0.139. The number of phenols is 1. The van der Waals surface area contributed by atoms with Gasteiger partial charge in [-0.1, -0.05) is 44.7 Å². The van der Waals surface area contributed by atoms with Gasteiger partial charge in [-0.3, -0.25) is 0 Å². The second kappa shape index (κ2) is 5.31. The van der Waals surface area contributed by atoms with Crippen molar-refractivity contribution in [1.82, 2.24) is 0 Å². The molecule has 0 bridgehead atoms. The summed E-state index contributed by atoms with van der Waals surface area (Å²) in [6.45, 7) is 4.15. The first-order chi connectivity index (χ1) is 8.55. The fraction of sp³-hybridized carbons (Fsp3) is 0.625. The highest BCUT2D eigenvalue weighted by Gasteiger charge is 2.39. The lowest BCUT2D eigenvalue weighted by molar-refractivity contribution is -0.0489. The molecule has 0 aliphatic heterocycles. The summed E-state index contributed by atoms with van der Waals surface area (Å²) in [5.74, 6) is 1.20. The zero-order chi connectivity index (χ0) is 13.2. The fourth-order valence-electron chi connectivity index (χ4n) is 3.45. The molecule has 1 aliphatic rings. The standard InChI is InChI=1S/C16H24O2/c1-3-12-6-4-5-7-15(12)16(2,18)13-8-10-14(17)11-9-13/h8-12,15,17-18H,3-7H2,1-2H3. The molecule has 0 amide bonds. The van der Waals surface area contributed by atoms with Crippen LogP contribution in [0.5, 0.6) is 5.75 Å². The maximum atomic E-state index is 10.9. The lowest BCUT2D eigenvalue weighted by Gasteiger charge is -2.41. The molecule has 3 unspecified atom stereocenters. The Labute approximate surface area is 110 Å². The van der Waals surface area contributed by atoms with E-state index >= 15 is 0 Å². The van der Waals surface area contributed by atoms with Gasteiger partial charge in [-0.2, -0.15) is 0 Å². The third kappa shape index (κ3) is 2.54. The summed E-state index contributed by atoms with van der Waals surface area (Å²) in [5, 5.41) is 20.3. The van der Waals surface area contributed by atoms with Crippen LogP contribution in [0.15, 0.2) is 24.3 Å². The first-order valence-corrected chi connectivity index (χ1v) is 7.07. The number of benzene rings is 1. The van der Waals surface area contributed by atoms with E-state index < -0.39 is 5.60 Å². The van der Waals surface area contributed by atoms with Crippen molar-refractivity contribution in [2.75, 3.05) is 0 Å². The molecule has 1 aromatic rings. The Kier molecular flexibility index (Phi) is 3.96. The van der Waals surface area contributed by atoms with E-state index in [1.807, 2.05) is 19.1 Å². The Morgan fingerprint density at radius 2 is 1.78 bits per heavy atom. The molecule has 1 fully saturated rings. The Bertz CT molecular complexity index is 381. The third-order valence-corrected chi connectivity index (χ3v) is 4.61. The zero-order valence-electron chi connectivity index (χ0n) is 11.4. The Morgan fingerprint density at radius 1 is 1.17 bits per heavy atom. The van der Waals surface area contributed by atoms with Gasteiger partial charge < -0.3 is 10.2 Å². The van der Waals surface area contributed by atoms with Crippen LogP contribution in [0, 0.1) is 11.8 Å². The van der Waals surface area contributed by atoms with Gasteiger partial charge in [0.15, 0.2) is 0 Å². The monoisotopic (exact) mass is 248 g/mol. The molecule has 100 valence electrons. The van der Waals surface area contributed by atoms with Gasteiger partial charge in [-0.05, 0) is 42.9 Å². The van der Waals surface area contributed by atoms with Crippen LogP contribution in [0.1, 0.15) is 51.5 Å². The molecule has 1 aromatic carbocycles. The lowest BCUT2D eigenvalue weighted by Crippen LogP contribution is -2.38. The van der Waals surface area contributed by atoms with E-state index in [2.05, 4.69) is 6.92 Å². The molecule has 2 heteroatoms. The van der Waals surface area contributed by atoms with Gasteiger partial charge >= 0.3 is 0 Å². The van der Waals surface area contributed by atoms with Crippen molar-refractivity contribution in [2.24, 2.45) is 11.8 Å². The number of aliphatic hydroxyl groups is 1. The van der Waals surface area contributed by atoms with Gasteiger partial charge in [-0.15, -0.1) is 0 Å². The molecule has 3 atom stereocenters. The average molecular weight is 248 g/mol. The Balaban J connectivity index is 2.25. The largest absolute Gasteiger partial charge is 0.508 e. The maximum absolute atomic E-state index is 10.9. The van der Waals surface area contributed by atoms with E-state index in [1.165, 1.54) is 19.3 Å². The number of aromatic hydroxyl groups is 1. The van der Waals surface area contributed by atoms with Crippen molar-refractivity contribution in [3.05, 3.63) is 29.8 Å². The first kappa shape index (κ1) is 13.4. The van der Waals surface area contributed by atoms with Crippen LogP contribution in [0.2, 0.25) is 0 Å². The molecule has 0 aromatic heterocycles. The smallest absolute Gasteiger partial charge is 0.115 e. The van der Waals surface area contributed by atoms with Crippen LogP contribution in [-0.4, -0.2) is 10.2 Å². The van der Waals surface area contributed by atoms with Crippen LogP contribution in [0.25, 0.3) is 0 Å². The molecule has 2 nitrogen and oxygen atoms in total. The molecule has 0 radical (unpaired) electrons. The van der Waals surface area contributed by atoms with Gasteiger partial charge in [0.2, 0.25) is 0 Å². The second-order valence-corrected chi connectivity index (χ2v) is 5.75. The highest BCUT2D eigenvalue weighted by Crippen LogP contribution is 2.43. The van der Waals surface area contributed by atoms with E-state index in [0.717, 1.165) is 18.4 Å². The van der Waals surface area contributed by atoms with Gasteiger partial charge in [0, 0.05) is 0 Å². The zero-order valence-corrected chi connectivity index (χ0v) is 11.4. The number of hydrogen-bond acceptors (Lipinski definition) is 2. The molecule has 18 heavy (non-hydrogen) atoms. The highest BCUT2D eigenvalue weighted by atomic mass is 16.3. The van der Waals surface area contributed by atoms with Crippen LogP contribution in [-0.2, 0) is 5.60 Å². The molecule has 2 rings (SSSR count). The van der Waals surface area contributed by atoms with Gasteiger partial charge in [0.25, 0.3) is 0 Å². The summed E-state index contributed by atoms with van der Waals surface area (Å²) in [6, 6.07) is 7.01. The first-order valence-electron chi connectivity index (χ1n) is 7.07. The Hall–Kier alpha value is -1.02. The predicted octanol–water partition coefficient (Wildman–Crippen LogP) is 3.82. The van der Waals surface area contributed by atoms with Gasteiger partial charge in [0.05, 0.1) is 5.60 Å². The molecule has 1 aliphatic carbocycles. The SMILES string of the molecule is CCC1CCCCC1C(C)(O)c1ccc(O)cc1. The molecule has 1 saturated carbocycles. The maximum Gasteiger partial charge on any atom is 0.115 e. The van der Waals surface area contributed by atoms with Crippen molar-refractivity contribution in [3.8, 4) is 5.75 Å². The minimum Gasteiger partial charge on any atom is -0.508 e. The van der Waals surface area contributed by atoms with E-state index in [9.17, 15) is 10.2 Å². The molecular weight excluding hydrogens is 224 g/mol. The van der Waals surface area contributed by atoms with Gasteiger partial charge in [-0.25, -0.2) is 0 Å². The van der Waals surface area contributed by atoms with E-state index in [-0.39, 0.29) is 5.75 Å². The summed E-state index contributed by atoms with van der Waals surface area (Å²) < 4.78 is 0. The molecule has 2 N–H and O–H groups in total. The second-order valence-electron chi connectivity index (χ2n) is 5.75. The topological polar surface area (TPSA) is 40.5 Å². The number of phenolic OH excluding ortho intramolecular Hbond substituents is 1. The number of hydrogen-bond donors (Lipinski definition) is 2. The van der Waals surface area contributed by atoms with Crippen LogP contribution < -0.4 is 0 Å². The number of rotatable bonds is 3. The molecule has 0 heterocycles. The third-order valence-electron chi connectivity index (χ3n) is 4.61. The quantitative estimate of drug-likeness (QED) is 0.853. The molecule has 0 saturated heterocycles. The van der Waals surface area contributed by atoms with Crippen molar-refractivity contribution in [2.45, 2.75) is 51.6 Å². The summed E-state index contributed by atoms with van der Waals surface area (Å²) in [7, 11) is 0. The lowest BCUT2D eigenvalue weighted by atomic mass is 9.67. The van der Waals surface area contributed by atoms with Crippen molar-refractivity contribution < 1.29 is 10.2 Å². The normalized spacial score (nSPS) is 27.7. The van der Waals surface area contributed by atoms with Crippen molar-refractivity contribution in [3.63, 3.8) is 0 Å². The van der Waals surface area contributed by atoms with Gasteiger partial charge in [0.1, 0.15) is 5.75 Å². The van der Waals surface area contributed by atoms with Crippen LogP contribution >= 0.6 is 0 Å². The van der Waals surface area contributed by atoms with Crippen LogP contribution in [0.3, 0.4) is 0 Å². The highest BCUT2D eigenvalue weighted by molar-refractivity contribution is 5.30. The van der Waals surface area contributed by atoms with Crippen molar-refractivity contribution in [1.29, 1.82) is 0 Å². The predicted molar refractivity (Wildman–Crippen MR) is 73.4 cm³/mol. The molecular formula is C16H24O2. The Morgan fingerprint density at radius 3 is 2.39 bits per heavy atom. The van der Waals surface area contributed by atoms with E-state index in [1.54, 1.807) is 12.1 Å². The van der Waals surface area contributed by atoms with Crippen LogP contribution in [0.4, 0.5) is 0 Å². The summed E-state index contributed by atoms with van der Waals surface area (Å²) in [4.78, 5) is 0.